The first-order valence-electron chi connectivity index (χ1n) is 9.64. The van der Waals surface area contributed by atoms with Crippen LogP contribution in [0.3, 0.4) is 0 Å². The molecule has 1 aliphatic heterocycles. The van der Waals surface area contributed by atoms with Gasteiger partial charge in [0.15, 0.2) is 11.6 Å². The van der Waals surface area contributed by atoms with E-state index >= 15 is 0 Å². The van der Waals surface area contributed by atoms with Gasteiger partial charge in [-0.2, -0.15) is 0 Å². The molecule has 4 rings (SSSR count). The minimum Gasteiger partial charge on any atom is -0.487 e. The molecule has 2 N–H and O–H groups in total. The van der Waals surface area contributed by atoms with Crippen molar-refractivity contribution in [2.45, 2.75) is 24.9 Å². The molecule has 1 fully saturated rings. The summed E-state index contributed by atoms with van der Waals surface area (Å²) < 4.78 is 25.9. The number of rotatable bonds is 6. The Morgan fingerprint density at radius 1 is 1.34 bits per heavy atom. The molecule has 150 valence electrons. The Labute approximate surface area is 168 Å². The summed E-state index contributed by atoms with van der Waals surface area (Å²) in [5.74, 6) is -0.364. The van der Waals surface area contributed by atoms with Crippen molar-refractivity contribution >= 4 is 23.5 Å². The number of hydrogen-bond acceptors (Lipinski definition) is 5. The molecule has 0 bridgehead atoms. The van der Waals surface area contributed by atoms with E-state index in [2.05, 4.69) is 15.0 Å². The van der Waals surface area contributed by atoms with Crippen LogP contribution >= 0.6 is 0 Å². The maximum Gasteiger partial charge on any atom is 0.165 e. The minimum absolute atomic E-state index is 0.0118. The highest BCUT2D eigenvalue weighted by atomic mass is 19.1. The second-order valence-corrected chi connectivity index (χ2v) is 7.04. The molecular weight excluding hydrogens is 371 g/mol. The predicted octanol–water partition coefficient (Wildman–Crippen LogP) is 4.36. The zero-order valence-corrected chi connectivity index (χ0v) is 16.2. The van der Waals surface area contributed by atoms with Gasteiger partial charge in [0, 0.05) is 55.7 Å². The molecule has 0 spiro atoms. The summed E-state index contributed by atoms with van der Waals surface area (Å²) in [7, 11) is 1.68. The normalized spacial score (nSPS) is 16.3. The summed E-state index contributed by atoms with van der Waals surface area (Å²) in [5.41, 5.74) is 3.16. The number of fused-ring (bicyclic) bond motifs is 1. The maximum absolute atomic E-state index is 14.7. The Kier molecular flexibility index (Phi) is 5.67. The average molecular weight is 394 g/mol. The van der Waals surface area contributed by atoms with Gasteiger partial charge in [-0.25, -0.2) is 9.37 Å². The van der Waals surface area contributed by atoms with Crippen molar-refractivity contribution in [2.24, 2.45) is 4.99 Å². The molecule has 0 saturated carbocycles. The average Bonchev–Trinajstić information content (AvgIpc) is 3.17. The fourth-order valence-corrected chi connectivity index (χ4v) is 3.56. The lowest BCUT2D eigenvalue weighted by Crippen LogP contribution is -2.26. The lowest BCUT2D eigenvalue weighted by molar-refractivity contribution is 0.0240. The molecule has 0 amide bonds. The van der Waals surface area contributed by atoms with Gasteiger partial charge < -0.3 is 19.9 Å². The first kappa shape index (κ1) is 19.3. The summed E-state index contributed by atoms with van der Waals surface area (Å²) in [5, 5.41) is 8.50. The number of aromatic nitrogens is 2. The van der Waals surface area contributed by atoms with Crippen LogP contribution in [0.5, 0.6) is 5.75 Å². The summed E-state index contributed by atoms with van der Waals surface area (Å²) >= 11 is 0. The highest BCUT2D eigenvalue weighted by molar-refractivity contribution is 5.96. The molecule has 0 radical (unpaired) electrons. The summed E-state index contributed by atoms with van der Waals surface area (Å²) in [4.78, 5) is 11.6. The van der Waals surface area contributed by atoms with Gasteiger partial charge in [0.2, 0.25) is 0 Å². The lowest BCUT2D eigenvalue weighted by atomic mass is 9.99. The Bertz CT molecular complexity index is 1040. The molecule has 29 heavy (non-hydrogen) atoms. The molecule has 1 unspecified atom stereocenters. The number of ether oxygens (including phenoxy) is 2. The first-order chi connectivity index (χ1) is 14.2. The van der Waals surface area contributed by atoms with Crippen LogP contribution in [-0.4, -0.2) is 48.8 Å². The van der Waals surface area contributed by atoms with Crippen LogP contribution in [0.1, 0.15) is 24.3 Å². The molecular formula is C22H23FN4O2. The number of halogens is 1. The van der Waals surface area contributed by atoms with E-state index in [9.17, 15) is 4.39 Å². The van der Waals surface area contributed by atoms with Crippen LogP contribution in [0.4, 0.5) is 4.39 Å². The third kappa shape index (κ3) is 4.05. The maximum atomic E-state index is 14.7. The summed E-state index contributed by atoms with van der Waals surface area (Å²) in [6.07, 6.45) is 8.10. The van der Waals surface area contributed by atoms with E-state index in [1.165, 1.54) is 12.3 Å². The third-order valence-corrected chi connectivity index (χ3v) is 5.13. The molecule has 3 heterocycles. The molecule has 1 atom stereocenters. The monoisotopic (exact) mass is 394 g/mol. The molecule has 3 aromatic rings. The zero-order valence-electron chi connectivity index (χ0n) is 16.2. The van der Waals surface area contributed by atoms with E-state index in [1.807, 2.05) is 18.3 Å². The zero-order chi connectivity index (χ0) is 20.2. The van der Waals surface area contributed by atoms with Gasteiger partial charge in [0.25, 0.3) is 0 Å². The second-order valence-electron chi connectivity index (χ2n) is 7.04. The Morgan fingerprint density at radius 2 is 2.17 bits per heavy atom. The molecule has 0 aliphatic carbocycles. The molecule has 1 aromatic carbocycles. The largest absolute Gasteiger partial charge is 0.487 e. The van der Waals surface area contributed by atoms with E-state index in [0.29, 0.717) is 18.9 Å². The number of nitrogens with one attached hydrogen (secondary N) is 2. The summed E-state index contributed by atoms with van der Waals surface area (Å²) in [6, 6.07) is 7.00. The van der Waals surface area contributed by atoms with Crippen LogP contribution in [0.2, 0.25) is 0 Å². The van der Waals surface area contributed by atoms with Crippen molar-refractivity contribution in [3.05, 3.63) is 48.0 Å². The van der Waals surface area contributed by atoms with Crippen molar-refractivity contribution in [2.75, 3.05) is 20.3 Å². The number of aromatic amines is 1. The number of pyridine rings is 1. The van der Waals surface area contributed by atoms with Crippen LogP contribution in [0, 0.1) is 11.2 Å². The number of aliphatic imine (C=N–C) groups is 1. The topological polar surface area (TPSA) is 83.4 Å². The molecule has 7 heteroatoms. The summed E-state index contributed by atoms with van der Waals surface area (Å²) in [6.45, 7) is 1.29. The molecule has 6 nitrogen and oxygen atoms in total. The van der Waals surface area contributed by atoms with Gasteiger partial charge in [-0.05, 0) is 29.3 Å². The van der Waals surface area contributed by atoms with Crippen molar-refractivity contribution in [1.82, 2.24) is 9.97 Å². The van der Waals surface area contributed by atoms with E-state index in [4.69, 9.17) is 14.9 Å². The standard InChI is InChI=1S/C22H23FN4O2/c1-25-11-16(10-24)15-8-18-19(13-27-22(18)26-12-15)14-2-3-21(20(23)9-14)29-17-4-6-28-7-5-17/h2-3,8-13,16-17,24H,4-7H2,1H3,(H,26,27). The Hall–Kier alpha value is -3.06. The van der Waals surface area contributed by atoms with Crippen LogP contribution < -0.4 is 4.74 Å². The quantitative estimate of drug-likeness (QED) is 0.609. The molecule has 2 aromatic heterocycles. The smallest absolute Gasteiger partial charge is 0.165 e. The Balaban J connectivity index is 1.65. The number of benzene rings is 1. The van der Waals surface area contributed by atoms with Crippen molar-refractivity contribution in [3.63, 3.8) is 0 Å². The SMILES string of the molecule is CN=CC(C=N)c1cnc2[nH]cc(-c3ccc(OC4CCOCC4)c(F)c3)c2c1. The molecule has 1 saturated heterocycles. The van der Waals surface area contributed by atoms with E-state index in [0.717, 1.165) is 34.9 Å². The van der Waals surface area contributed by atoms with Gasteiger partial charge in [-0.15, -0.1) is 0 Å². The highest BCUT2D eigenvalue weighted by Crippen LogP contribution is 2.32. The van der Waals surface area contributed by atoms with Crippen molar-refractivity contribution in [3.8, 4) is 16.9 Å². The van der Waals surface area contributed by atoms with Crippen LogP contribution in [0.15, 0.2) is 41.7 Å². The fourth-order valence-electron chi connectivity index (χ4n) is 3.56. The van der Waals surface area contributed by atoms with Crippen molar-refractivity contribution in [1.29, 1.82) is 5.41 Å². The van der Waals surface area contributed by atoms with Gasteiger partial charge in [-0.1, -0.05) is 6.07 Å². The minimum atomic E-state index is -0.386. The number of hydrogen-bond donors (Lipinski definition) is 2. The van der Waals surface area contributed by atoms with Gasteiger partial charge in [0.1, 0.15) is 11.8 Å². The van der Waals surface area contributed by atoms with Crippen LogP contribution in [0.25, 0.3) is 22.2 Å². The third-order valence-electron chi connectivity index (χ3n) is 5.13. The first-order valence-corrected chi connectivity index (χ1v) is 9.64. The fraction of sp³-hybridized carbons (Fsp3) is 0.318. The van der Waals surface area contributed by atoms with E-state index < -0.39 is 0 Å². The highest BCUT2D eigenvalue weighted by Gasteiger charge is 2.18. The Morgan fingerprint density at radius 3 is 2.90 bits per heavy atom. The number of nitrogens with zero attached hydrogens (tertiary/aromatic N) is 2. The predicted molar refractivity (Wildman–Crippen MR) is 112 cm³/mol. The van der Waals surface area contributed by atoms with E-state index in [1.54, 1.807) is 25.5 Å². The van der Waals surface area contributed by atoms with Gasteiger partial charge in [0.05, 0.1) is 19.1 Å². The van der Waals surface area contributed by atoms with Gasteiger partial charge in [-0.3, -0.25) is 4.99 Å². The van der Waals surface area contributed by atoms with E-state index in [-0.39, 0.29) is 23.6 Å². The second kappa shape index (κ2) is 8.53. The molecule has 1 aliphatic rings. The lowest BCUT2D eigenvalue weighted by Gasteiger charge is -2.23. The van der Waals surface area contributed by atoms with Crippen molar-refractivity contribution < 1.29 is 13.9 Å². The van der Waals surface area contributed by atoms with Gasteiger partial charge >= 0.3 is 0 Å². The number of H-pyrrole nitrogens is 1. The van der Waals surface area contributed by atoms with Crippen LogP contribution in [-0.2, 0) is 4.74 Å².